The number of nitrogens with zero attached hydrogens (tertiary/aromatic N) is 3. The fourth-order valence-corrected chi connectivity index (χ4v) is 3.12. The van der Waals surface area contributed by atoms with Gasteiger partial charge in [-0.1, -0.05) is 17.7 Å². The number of rotatable bonds is 5. The Bertz CT molecular complexity index is 1360. The van der Waals surface area contributed by atoms with E-state index in [1.807, 2.05) is 0 Å². The minimum atomic E-state index is -0.627. The number of hydrogen-bond donors (Lipinski definition) is 3. The van der Waals surface area contributed by atoms with E-state index in [4.69, 9.17) is 11.6 Å². The summed E-state index contributed by atoms with van der Waals surface area (Å²) in [7, 11) is 0. The van der Waals surface area contributed by atoms with Crippen LogP contribution in [0.3, 0.4) is 0 Å². The van der Waals surface area contributed by atoms with E-state index in [1.54, 1.807) is 60.9 Å². The summed E-state index contributed by atoms with van der Waals surface area (Å²) >= 11 is 5.91. The van der Waals surface area contributed by atoms with Gasteiger partial charge in [-0.2, -0.15) is 0 Å². The maximum atomic E-state index is 12.8. The molecule has 0 fully saturated rings. The molecule has 0 atom stereocenters. The number of amides is 3. The van der Waals surface area contributed by atoms with Crippen LogP contribution in [0.1, 0.15) is 15.9 Å². The highest BCUT2D eigenvalue weighted by Gasteiger charge is 2.12. The summed E-state index contributed by atoms with van der Waals surface area (Å²) < 4.78 is 1.20. The fraction of sp³-hybridized carbons (Fsp3) is 0.0455. The van der Waals surface area contributed by atoms with Crippen LogP contribution in [-0.2, 0) is 6.54 Å². The lowest BCUT2D eigenvalue weighted by atomic mass is 10.2. The molecule has 3 aromatic heterocycles. The predicted molar refractivity (Wildman–Crippen MR) is 121 cm³/mol. The molecular formula is C22H17ClN6O3. The molecule has 0 aliphatic heterocycles. The third-order valence-electron chi connectivity index (χ3n) is 4.50. The van der Waals surface area contributed by atoms with E-state index < -0.39 is 11.6 Å². The van der Waals surface area contributed by atoms with E-state index in [9.17, 15) is 14.4 Å². The summed E-state index contributed by atoms with van der Waals surface area (Å²) in [5, 5.41) is 8.31. The number of nitrogens with one attached hydrogen (secondary N) is 3. The molecular weight excluding hydrogens is 432 g/mol. The molecule has 0 saturated carbocycles. The van der Waals surface area contributed by atoms with Gasteiger partial charge in [0.2, 0.25) is 0 Å². The third kappa shape index (κ3) is 4.90. The molecule has 0 aliphatic carbocycles. The topological polar surface area (TPSA) is 117 Å². The highest BCUT2D eigenvalue weighted by atomic mass is 35.5. The van der Waals surface area contributed by atoms with Gasteiger partial charge < -0.3 is 16.0 Å². The molecule has 32 heavy (non-hydrogen) atoms. The summed E-state index contributed by atoms with van der Waals surface area (Å²) in [5.41, 5.74) is 1.40. The van der Waals surface area contributed by atoms with Gasteiger partial charge in [0, 0.05) is 35.8 Å². The van der Waals surface area contributed by atoms with Crippen LogP contribution in [0, 0.1) is 0 Å². The average Bonchev–Trinajstić information content (AvgIpc) is 2.80. The van der Waals surface area contributed by atoms with Crippen LogP contribution < -0.4 is 21.5 Å². The van der Waals surface area contributed by atoms with Gasteiger partial charge in [0.1, 0.15) is 11.3 Å². The molecule has 3 heterocycles. The van der Waals surface area contributed by atoms with E-state index in [-0.39, 0.29) is 17.2 Å². The standard InChI is InChI=1S/C22H17ClN6O3/c23-16-2-1-3-17(10-16)27-22(32)28-18-12-25-19-5-4-15(13-29(19)21(18)31)20(30)26-11-14-6-8-24-9-7-14/h1-10,12-13H,11H2,(H,26,30)(H2,27,28,32). The van der Waals surface area contributed by atoms with Gasteiger partial charge in [-0.25, -0.2) is 9.78 Å². The molecule has 0 radical (unpaired) electrons. The zero-order chi connectivity index (χ0) is 22.5. The summed E-state index contributed by atoms with van der Waals surface area (Å²) in [6, 6.07) is 12.7. The second-order valence-electron chi connectivity index (χ2n) is 6.75. The first-order chi connectivity index (χ1) is 15.5. The number of pyridine rings is 2. The van der Waals surface area contributed by atoms with E-state index >= 15 is 0 Å². The Hall–Kier alpha value is -4.24. The first-order valence-corrected chi connectivity index (χ1v) is 9.89. The number of anilines is 2. The summed E-state index contributed by atoms with van der Waals surface area (Å²) in [6.07, 6.45) is 5.92. The Labute approximate surface area is 187 Å². The molecule has 10 heteroatoms. The molecule has 3 N–H and O–H groups in total. The number of halogens is 1. The number of aromatic nitrogens is 3. The van der Waals surface area contributed by atoms with Crippen LogP contribution in [0.5, 0.6) is 0 Å². The average molecular weight is 449 g/mol. The Morgan fingerprint density at radius 1 is 1.03 bits per heavy atom. The molecule has 0 unspecified atom stereocenters. The zero-order valence-corrected chi connectivity index (χ0v) is 17.3. The van der Waals surface area contributed by atoms with Gasteiger partial charge >= 0.3 is 6.03 Å². The number of carbonyl (C=O) groups is 2. The highest BCUT2D eigenvalue weighted by molar-refractivity contribution is 6.30. The quantitative estimate of drug-likeness (QED) is 0.433. The summed E-state index contributed by atoms with van der Waals surface area (Å²) in [5.74, 6) is -0.354. The molecule has 160 valence electrons. The van der Waals surface area contributed by atoms with Crippen molar-refractivity contribution in [1.82, 2.24) is 19.7 Å². The van der Waals surface area contributed by atoms with Crippen LogP contribution in [0.15, 0.2) is 78.1 Å². The largest absolute Gasteiger partial charge is 0.348 e. The molecule has 9 nitrogen and oxygen atoms in total. The number of fused-ring (bicyclic) bond motifs is 1. The van der Waals surface area contributed by atoms with Crippen molar-refractivity contribution in [1.29, 1.82) is 0 Å². The Morgan fingerprint density at radius 3 is 2.62 bits per heavy atom. The van der Waals surface area contributed by atoms with Crippen molar-refractivity contribution in [2.45, 2.75) is 6.54 Å². The molecule has 0 saturated heterocycles. The second kappa shape index (κ2) is 9.27. The maximum absolute atomic E-state index is 12.8. The molecule has 0 bridgehead atoms. The smallest absolute Gasteiger partial charge is 0.323 e. The summed E-state index contributed by atoms with van der Waals surface area (Å²) in [6.45, 7) is 0.317. The molecule has 0 aliphatic rings. The van der Waals surface area contributed by atoms with Crippen molar-refractivity contribution < 1.29 is 9.59 Å². The van der Waals surface area contributed by atoms with Crippen molar-refractivity contribution >= 4 is 40.6 Å². The normalized spacial score (nSPS) is 10.5. The zero-order valence-electron chi connectivity index (χ0n) is 16.6. The van der Waals surface area contributed by atoms with Gasteiger partial charge in [-0.15, -0.1) is 0 Å². The van der Waals surface area contributed by atoms with Crippen LogP contribution in [0.4, 0.5) is 16.2 Å². The SMILES string of the molecule is O=C(Nc1cccc(Cl)c1)Nc1cnc2ccc(C(=O)NCc3ccncc3)cn2c1=O. The number of benzene rings is 1. The molecule has 4 rings (SSSR count). The minimum Gasteiger partial charge on any atom is -0.348 e. The van der Waals surface area contributed by atoms with Crippen molar-refractivity contribution in [2.75, 3.05) is 10.6 Å². The van der Waals surface area contributed by atoms with Crippen molar-refractivity contribution in [2.24, 2.45) is 0 Å². The van der Waals surface area contributed by atoms with E-state index in [2.05, 4.69) is 25.9 Å². The van der Waals surface area contributed by atoms with Crippen LogP contribution in [0.2, 0.25) is 5.02 Å². The van der Waals surface area contributed by atoms with Gasteiger partial charge in [0.25, 0.3) is 11.5 Å². The van der Waals surface area contributed by atoms with E-state index in [0.717, 1.165) is 5.56 Å². The van der Waals surface area contributed by atoms with Crippen LogP contribution >= 0.6 is 11.6 Å². The molecule has 1 aromatic carbocycles. The lowest BCUT2D eigenvalue weighted by Gasteiger charge is -2.10. The van der Waals surface area contributed by atoms with Crippen molar-refractivity contribution in [3.63, 3.8) is 0 Å². The lowest BCUT2D eigenvalue weighted by molar-refractivity contribution is 0.0950. The fourth-order valence-electron chi connectivity index (χ4n) is 2.93. The first kappa shape index (κ1) is 21.0. The minimum absolute atomic E-state index is 0.0450. The molecule has 4 aromatic rings. The second-order valence-corrected chi connectivity index (χ2v) is 7.19. The Morgan fingerprint density at radius 2 is 1.84 bits per heavy atom. The Kier molecular flexibility index (Phi) is 6.09. The van der Waals surface area contributed by atoms with E-state index in [1.165, 1.54) is 16.8 Å². The predicted octanol–water partition coefficient (Wildman–Crippen LogP) is 3.32. The van der Waals surface area contributed by atoms with Gasteiger partial charge in [-0.05, 0) is 48.0 Å². The third-order valence-corrected chi connectivity index (χ3v) is 4.73. The first-order valence-electron chi connectivity index (χ1n) is 9.52. The monoisotopic (exact) mass is 448 g/mol. The highest BCUT2D eigenvalue weighted by Crippen LogP contribution is 2.15. The van der Waals surface area contributed by atoms with E-state index in [0.29, 0.717) is 22.9 Å². The van der Waals surface area contributed by atoms with Gasteiger partial charge in [-0.3, -0.25) is 19.0 Å². The van der Waals surface area contributed by atoms with Crippen molar-refractivity contribution in [3.05, 3.63) is 99.8 Å². The molecule has 0 spiro atoms. The van der Waals surface area contributed by atoms with Gasteiger partial charge in [0.05, 0.1) is 11.8 Å². The maximum Gasteiger partial charge on any atom is 0.323 e. The number of urea groups is 1. The van der Waals surface area contributed by atoms with Gasteiger partial charge in [0.15, 0.2) is 0 Å². The molecule has 3 amide bonds. The number of hydrogen-bond acceptors (Lipinski definition) is 5. The summed E-state index contributed by atoms with van der Waals surface area (Å²) in [4.78, 5) is 45.7. The lowest BCUT2D eigenvalue weighted by Crippen LogP contribution is -2.27. The van der Waals surface area contributed by atoms with Crippen molar-refractivity contribution in [3.8, 4) is 0 Å². The Balaban J connectivity index is 1.51. The van der Waals surface area contributed by atoms with Crippen LogP contribution in [0.25, 0.3) is 5.65 Å². The van der Waals surface area contributed by atoms with Crippen LogP contribution in [-0.4, -0.2) is 26.3 Å². The number of carbonyl (C=O) groups excluding carboxylic acids is 2.